The van der Waals surface area contributed by atoms with Gasteiger partial charge in [-0.15, -0.1) is 0 Å². The first-order valence-corrected chi connectivity index (χ1v) is 9.45. The maximum Gasteiger partial charge on any atom is 0.306 e. The van der Waals surface area contributed by atoms with Crippen molar-refractivity contribution >= 4 is 17.7 Å². The predicted molar refractivity (Wildman–Crippen MR) is 107 cm³/mol. The number of aliphatic hydroxyl groups is 1. The maximum atomic E-state index is 13.4. The zero-order chi connectivity index (χ0) is 21.8. The van der Waals surface area contributed by atoms with Crippen molar-refractivity contribution in [2.24, 2.45) is 0 Å². The van der Waals surface area contributed by atoms with Gasteiger partial charge in [-0.2, -0.15) is 0 Å². The van der Waals surface area contributed by atoms with Crippen LogP contribution in [0.25, 0.3) is 0 Å². The second-order valence-corrected chi connectivity index (χ2v) is 7.12. The van der Waals surface area contributed by atoms with Gasteiger partial charge in [0, 0.05) is 12.5 Å². The van der Waals surface area contributed by atoms with E-state index in [1.807, 2.05) is 30.3 Å². The van der Waals surface area contributed by atoms with E-state index in [1.54, 1.807) is 0 Å². The third-order valence-corrected chi connectivity index (χ3v) is 5.20. The van der Waals surface area contributed by atoms with Gasteiger partial charge in [0.15, 0.2) is 11.5 Å². The minimum absolute atomic E-state index is 0.0105. The molecule has 0 radical (unpaired) electrons. The number of carbonyl (C=O) groups is 3. The number of methoxy groups -OCH3 is 1. The summed E-state index contributed by atoms with van der Waals surface area (Å²) in [6.07, 6.45) is 0.0105. The Kier molecular flexibility index (Phi) is 6.30. The summed E-state index contributed by atoms with van der Waals surface area (Å²) in [5.74, 6) is -3.12. The number of hydrogen-bond acceptors (Lipinski definition) is 5. The first-order valence-electron chi connectivity index (χ1n) is 9.45. The molecule has 1 heterocycles. The Hall–Kier alpha value is -3.48. The SMILES string of the molecule is COC(=O)C[C@H](CN1C(=O)C(O)=C(C(C)=O)[C@@H]1c1ccc(F)cc1)c1ccccc1. The van der Waals surface area contributed by atoms with Crippen LogP contribution >= 0.6 is 0 Å². The number of ketones is 1. The number of rotatable bonds is 7. The fourth-order valence-corrected chi connectivity index (χ4v) is 3.73. The van der Waals surface area contributed by atoms with Crippen molar-refractivity contribution in [1.29, 1.82) is 0 Å². The van der Waals surface area contributed by atoms with Gasteiger partial charge in [-0.3, -0.25) is 14.4 Å². The molecule has 1 amide bonds. The van der Waals surface area contributed by atoms with Gasteiger partial charge in [0.05, 0.1) is 25.1 Å². The molecule has 2 aromatic rings. The molecule has 0 unspecified atom stereocenters. The average molecular weight is 411 g/mol. The molecule has 30 heavy (non-hydrogen) atoms. The van der Waals surface area contributed by atoms with Gasteiger partial charge in [0.1, 0.15) is 5.82 Å². The van der Waals surface area contributed by atoms with E-state index in [2.05, 4.69) is 0 Å². The summed E-state index contributed by atoms with van der Waals surface area (Å²) < 4.78 is 18.2. The number of amides is 1. The molecule has 2 aromatic carbocycles. The Balaban J connectivity index is 2.02. The third-order valence-electron chi connectivity index (χ3n) is 5.20. The van der Waals surface area contributed by atoms with E-state index in [9.17, 15) is 23.9 Å². The third kappa shape index (κ3) is 4.25. The van der Waals surface area contributed by atoms with Crippen molar-refractivity contribution in [1.82, 2.24) is 4.90 Å². The van der Waals surface area contributed by atoms with Crippen LogP contribution in [0.15, 0.2) is 65.9 Å². The maximum absolute atomic E-state index is 13.4. The first kappa shape index (κ1) is 21.2. The van der Waals surface area contributed by atoms with E-state index < -0.39 is 41.2 Å². The van der Waals surface area contributed by atoms with Crippen molar-refractivity contribution in [3.63, 3.8) is 0 Å². The lowest BCUT2D eigenvalue weighted by molar-refractivity contribution is -0.141. The number of ether oxygens (including phenoxy) is 1. The van der Waals surface area contributed by atoms with Gasteiger partial charge >= 0.3 is 5.97 Å². The highest BCUT2D eigenvalue weighted by atomic mass is 19.1. The molecule has 0 aromatic heterocycles. The number of aliphatic hydroxyl groups excluding tert-OH is 1. The number of benzene rings is 2. The van der Waals surface area contributed by atoms with Crippen LogP contribution in [0, 0.1) is 5.82 Å². The summed E-state index contributed by atoms with van der Waals surface area (Å²) in [5, 5.41) is 10.4. The van der Waals surface area contributed by atoms with Crippen molar-refractivity contribution < 1.29 is 28.6 Å². The fraction of sp³-hybridized carbons (Fsp3) is 0.261. The van der Waals surface area contributed by atoms with Crippen LogP contribution in [-0.2, 0) is 19.1 Å². The van der Waals surface area contributed by atoms with Crippen molar-refractivity contribution in [3.8, 4) is 0 Å². The van der Waals surface area contributed by atoms with E-state index in [0.29, 0.717) is 5.56 Å². The van der Waals surface area contributed by atoms with E-state index >= 15 is 0 Å². The van der Waals surface area contributed by atoms with Crippen LogP contribution in [0.4, 0.5) is 4.39 Å². The normalized spacial score (nSPS) is 17.2. The number of halogens is 1. The van der Waals surface area contributed by atoms with Crippen LogP contribution in [-0.4, -0.2) is 41.3 Å². The molecule has 0 bridgehead atoms. The Labute approximate surface area is 173 Å². The lowest BCUT2D eigenvalue weighted by Crippen LogP contribution is -2.35. The Morgan fingerprint density at radius 3 is 2.33 bits per heavy atom. The molecule has 6 nitrogen and oxygen atoms in total. The quantitative estimate of drug-likeness (QED) is 0.706. The smallest absolute Gasteiger partial charge is 0.306 e. The minimum Gasteiger partial charge on any atom is -0.503 e. The highest BCUT2D eigenvalue weighted by molar-refractivity contribution is 6.08. The molecule has 0 spiro atoms. The fourth-order valence-electron chi connectivity index (χ4n) is 3.73. The van der Waals surface area contributed by atoms with Gasteiger partial charge < -0.3 is 14.7 Å². The summed E-state index contributed by atoms with van der Waals surface area (Å²) in [6, 6.07) is 13.7. The number of carbonyl (C=O) groups excluding carboxylic acids is 3. The number of Topliss-reactive ketones (excluding diaryl/α,β-unsaturated/α-hetero) is 1. The molecule has 1 aliphatic heterocycles. The largest absolute Gasteiger partial charge is 0.503 e. The molecule has 1 N–H and O–H groups in total. The summed E-state index contributed by atoms with van der Waals surface area (Å²) in [6.45, 7) is 1.32. The second kappa shape index (κ2) is 8.90. The molecule has 156 valence electrons. The molecule has 0 saturated carbocycles. The summed E-state index contributed by atoms with van der Waals surface area (Å²) in [4.78, 5) is 38.4. The van der Waals surface area contributed by atoms with Crippen LogP contribution in [0.3, 0.4) is 0 Å². The molecule has 0 fully saturated rings. The first-order chi connectivity index (χ1) is 14.3. The van der Waals surface area contributed by atoms with Gasteiger partial charge in [-0.1, -0.05) is 42.5 Å². The van der Waals surface area contributed by atoms with Gasteiger partial charge in [-0.25, -0.2) is 4.39 Å². The molecule has 0 saturated heterocycles. The minimum atomic E-state index is -0.876. The van der Waals surface area contributed by atoms with Gasteiger partial charge in [-0.05, 0) is 30.2 Å². The average Bonchev–Trinajstić information content (AvgIpc) is 2.99. The topological polar surface area (TPSA) is 83.9 Å². The van der Waals surface area contributed by atoms with E-state index in [-0.39, 0.29) is 18.5 Å². The molecule has 1 aliphatic rings. The van der Waals surface area contributed by atoms with Crippen molar-refractivity contribution in [2.45, 2.75) is 25.3 Å². The summed E-state index contributed by atoms with van der Waals surface area (Å²) in [7, 11) is 1.29. The molecule has 2 atom stereocenters. The van der Waals surface area contributed by atoms with Crippen LogP contribution in [0.2, 0.25) is 0 Å². The lowest BCUT2D eigenvalue weighted by Gasteiger charge is -2.30. The highest BCUT2D eigenvalue weighted by Crippen LogP contribution is 2.39. The lowest BCUT2D eigenvalue weighted by atomic mass is 9.92. The summed E-state index contributed by atoms with van der Waals surface area (Å²) >= 11 is 0. The van der Waals surface area contributed by atoms with Crippen LogP contribution < -0.4 is 0 Å². The molecule has 3 rings (SSSR count). The Morgan fingerprint density at radius 2 is 1.77 bits per heavy atom. The molecular formula is C23H22FNO5. The zero-order valence-corrected chi connectivity index (χ0v) is 16.7. The standard InChI is InChI=1S/C23H22FNO5/c1-14(26)20-21(16-8-10-18(24)11-9-16)25(23(29)22(20)28)13-17(12-19(27)30-2)15-6-4-3-5-7-15/h3-11,17,21,28H,12-13H2,1-2H3/t17-,21+/m1/s1. The second-order valence-electron chi connectivity index (χ2n) is 7.12. The van der Waals surface area contributed by atoms with Crippen molar-refractivity contribution in [3.05, 3.63) is 82.9 Å². The summed E-state index contributed by atoms with van der Waals surface area (Å²) in [5.41, 5.74) is 1.25. The highest BCUT2D eigenvalue weighted by Gasteiger charge is 2.43. The van der Waals surface area contributed by atoms with Crippen LogP contribution in [0.5, 0.6) is 0 Å². The van der Waals surface area contributed by atoms with Gasteiger partial charge in [0.2, 0.25) is 0 Å². The number of esters is 1. The number of hydrogen-bond donors (Lipinski definition) is 1. The predicted octanol–water partition coefficient (Wildman–Crippen LogP) is 3.46. The molecular weight excluding hydrogens is 389 g/mol. The van der Waals surface area contributed by atoms with E-state index in [1.165, 1.54) is 43.2 Å². The van der Waals surface area contributed by atoms with Gasteiger partial charge in [0.25, 0.3) is 5.91 Å². The Bertz CT molecular complexity index is 984. The van der Waals surface area contributed by atoms with Crippen molar-refractivity contribution in [2.75, 3.05) is 13.7 Å². The van der Waals surface area contributed by atoms with Crippen LogP contribution in [0.1, 0.15) is 36.4 Å². The number of nitrogens with zero attached hydrogens (tertiary/aromatic N) is 1. The monoisotopic (exact) mass is 411 g/mol. The molecule has 0 aliphatic carbocycles. The molecule has 7 heteroatoms. The van der Waals surface area contributed by atoms with E-state index in [4.69, 9.17) is 4.74 Å². The zero-order valence-electron chi connectivity index (χ0n) is 16.7. The Morgan fingerprint density at radius 1 is 1.13 bits per heavy atom. The van der Waals surface area contributed by atoms with E-state index in [0.717, 1.165) is 5.56 Å².